The summed E-state index contributed by atoms with van der Waals surface area (Å²) in [5.74, 6) is -0.465. The Hall–Kier alpha value is -1.90. The molecule has 8 heteroatoms. The molecular weight excluding hydrogens is 679 g/mol. The molecule has 0 N–H and O–H groups in total. The molecule has 8 nitrogen and oxygen atoms in total. The van der Waals surface area contributed by atoms with E-state index in [0.717, 1.165) is 83.8 Å². The number of hydrogen-bond donors (Lipinski definition) is 0. The molecule has 0 radical (unpaired) electrons. The fourth-order valence-electron chi connectivity index (χ4n) is 6.30. The average Bonchev–Trinajstić information content (AvgIpc) is 3.17. The Morgan fingerprint density at radius 1 is 0.500 bits per heavy atom. The maximum absolute atomic E-state index is 13.0. The number of hydrogen-bond acceptors (Lipinski definition) is 8. The van der Waals surface area contributed by atoms with Crippen LogP contribution in [0.25, 0.3) is 0 Å². The minimum atomic E-state index is -0.987. The standard InChI is InChI=1S/C46H87NO7/c1-6-11-14-17-18-19-20-21-22-23-24-25-26-27-28-31-36-43(54-46(49)53-42-35-38-47(9-4)10-5)37-34-41-50-44(48)45(51-39-32-29-15-12-7-2)52-40-33-30-16-13-8-3/h18-19,21-22,43,45H,6-17,20,23-42H2,1-5H3/b19-18-,22-21-. The highest BCUT2D eigenvalue weighted by molar-refractivity contribution is 5.73. The average molecular weight is 766 g/mol. The molecule has 0 saturated carbocycles. The Labute approximate surface area is 333 Å². The molecule has 54 heavy (non-hydrogen) atoms. The van der Waals surface area contributed by atoms with Gasteiger partial charge in [0.1, 0.15) is 6.10 Å². The second-order valence-corrected chi connectivity index (χ2v) is 14.8. The van der Waals surface area contributed by atoms with Gasteiger partial charge in [-0.2, -0.15) is 0 Å². The predicted octanol–water partition coefficient (Wildman–Crippen LogP) is 13.1. The molecule has 0 spiro atoms. The summed E-state index contributed by atoms with van der Waals surface area (Å²) in [5, 5.41) is 0. The van der Waals surface area contributed by atoms with E-state index in [0.29, 0.717) is 32.7 Å². The number of esters is 1. The first-order valence-electron chi connectivity index (χ1n) is 22.8. The summed E-state index contributed by atoms with van der Waals surface area (Å²) < 4.78 is 28.6. The van der Waals surface area contributed by atoms with Gasteiger partial charge in [-0.1, -0.05) is 149 Å². The molecule has 318 valence electrons. The third-order valence-electron chi connectivity index (χ3n) is 9.86. The van der Waals surface area contributed by atoms with Crippen molar-refractivity contribution in [2.75, 3.05) is 46.1 Å². The van der Waals surface area contributed by atoms with E-state index >= 15 is 0 Å². The monoisotopic (exact) mass is 766 g/mol. The Kier molecular flexibility index (Phi) is 40.8. The largest absolute Gasteiger partial charge is 0.508 e. The zero-order valence-electron chi connectivity index (χ0n) is 36.1. The van der Waals surface area contributed by atoms with E-state index < -0.39 is 18.4 Å². The molecule has 0 aromatic rings. The summed E-state index contributed by atoms with van der Waals surface area (Å²) in [6.07, 6.45) is 35.6. The van der Waals surface area contributed by atoms with Crippen molar-refractivity contribution in [2.24, 2.45) is 0 Å². The molecular formula is C46H87NO7. The van der Waals surface area contributed by atoms with Crippen molar-refractivity contribution in [3.63, 3.8) is 0 Å². The van der Waals surface area contributed by atoms with Crippen LogP contribution in [0.5, 0.6) is 0 Å². The van der Waals surface area contributed by atoms with Gasteiger partial charge in [0.25, 0.3) is 6.29 Å². The van der Waals surface area contributed by atoms with E-state index in [1.165, 1.54) is 89.9 Å². The van der Waals surface area contributed by atoms with E-state index in [9.17, 15) is 9.59 Å². The molecule has 0 aromatic carbocycles. The van der Waals surface area contributed by atoms with Crippen molar-refractivity contribution in [3.05, 3.63) is 24.3 Å². The normalized spacial score (nSPS) is 12.4. The van der Waals surface area contributed by atoms with Crippen molar-refractivity contribution >= 4 is 12.1 Å². The van der Waals surface area contributed by atoms with Crippen molar-refractivity contribution in [3.8, 4) is 0 Å². The van der Waals surface area contributed by atoms with Gasteiger partial charge in [-0.15, -0.1) is 0 Å². The Balaban J connectivity index is 4.71. The van der Waals surface area contributed by atoms with Crippen molar-refractivity contribution in [1.29, 1.82) is 0 Å². The first-order valence-corrected chi connectivity index (χ1v) is 22.8. The number of carbonyl (C=O) groups excluding carboxylic acids is 2. The van der Waals surface area contributed by atoms with Crippen LogP contribution in [-0.2, 0) is 28.5 Å². The van der Waals surface area contributed by atoms with Crippen LogP contribution in [0.4, 0.5) is 4.79 Å². The number of ether oxygens (including phenoxy) is 5. The summed E-state index contributed by atoms with van der Waals surface area (Å²) in [7, 11) is 0. The molecule has 0 aromatic heterocycles. The van der Waals surface area contributed by atoms with Gasteiger partial charge in [-0.05, 0) is 90.1 Å². The molecule has 0 aliphatic heterocycles. The van der Waals surface area contributed by atoms with Gasteiger partial charge in [0.15, 0.2) is 0 Å². The van der Waals surface area contributed by atoms with E-state index in [1.54, 1.807) is 0 Å². The minimum Gasteiger partial charge on any atom is -0.462 e. The quantitative estimate of drug-likeness (QED) is 0.0263. The van der Waals surface area contributed by atoms with Gasteiger partial charge in [-0.3, -0.25) is 0 Å². The molecule has 0 aliphatic rings. The molecule has 0 amide bonds. The third kappa shape index (κ3) is 35.8. The molecule has 0 bridgehead atoms. The maximum atomic E-state index is 13.0. The lowest BCUT2D eigenvalue weighted by Gasteiger charge is -2.20. The van der Waals surface area contributed by atoms with Gasteiger partial charge in [0.05, 0.1) is 26.4 Å². The summed E-state index contributed by atoms with van der Waals surface area (Å²) in [6, 6.07) is 0. The molecule has 0 fully saturated rings. The van der Waals surface area contributed by atoms with E-state index in [4.69, 9.17) is 23.7 Å². The van der Waals surface area contributed by atoms with E-state index in [2.05, 4.69) is 63.8 Å². The number of carbonyl (C=O) groups is 2. The Morgan fingerprint density at radius 2 is 0.981 bits per heavy atom. The van der Waals surface area contributed by atoms with Crippen LogP contribution in [0.2, 0.25) is 0 Å². The molecule has 1 unspecified atom stereocenters. The van der Waals surface area contributed by atoms with Gasteiger partial charge in [0, 0.05) is 6.54 Å². The van der Waals surface area contributed by atoms with Gasteiger partial charge < -0.3 is 28.6 Å². The summed E-state index contributed by atoms with van der Waals surface area (Å²) in [6.45, 7) is 15.3. The highest BCUT2D eigenvalue weighted by Crippen LogP contribution is 2.17. The van der Waals surface area contributed by atoms with Crippen LogP contribution in [-0.4, -0.2) is 75.5 Å². The summed E-state index contributed by atoms with van der Waals surface area (Å²) >= 11 is 0. The summed E-state index contributed by atoms with van der Waals surface area (Å²) in [5.41, 5.74) is 0. The fourth-order valence-corrected chi connectivity index (χ4v) is 6.30. The molecule has 0 saturated heterocycles. The van der Waals surface area contributed by atoms with Crippen molar-refractivity contribution in [1.82, 2.24) is 4.90 Å². The maximum Gasteiger partial charge on any atom is 0.508 e. The lowest BCUT2D eigenvalue weighted by atomic mass is 10.0. The highest BCUT2D eigenvalue weighted by atomic mass is 16.7. The van der Waals surface area contributed by atoms with Crippen LogP contribution in [0.15, 0.2) is 24.3 Å². The molecule has 0 heterocycles. The minimum absolute atomic E-state index is 0.234. The highest BCUT2D eigenvalue weighted by Gasteiger charge is 2.22. The topological polar surface area (TPSA) is 83.5 Å². The van der Waals surface area contributed by atoms with Gasteiger partial charge in [0.2, 0.25) is 0 Å². The Bertz CT molecular complexity index is 844. The second-order valence-electron chi connectivity index (χ2n) is 14.8. The number of rotatable bonds is 41. The van der Waals surface area contributed by atoms with Crippen LogP contribution in [0, 0.1) is 0 Å². The number of unbranched alkanes of at least 4 members (excludes halogenated alkanes) is 17. The van der Waals surface area contributed by atoms with Gasteiger partial charge in [-0.25, -0.2) is 9.59 Å². The third-order valence-corrected chi connectivity index (χ3v) is 9.86. The van der Waals surface area contributed by atoms with Crippen LogP contribution in [0.3, 0.4) is 0 Å². The Morgan fingerprint density at radius 3 is 1.57 bits per heavy atom. The second kappa shape index (κ2) is 42.2. The SMILES string of the molecule is CCCCC/C=C\C/C=C\CCCCCCCCC(CCCOC(=O)C(OCCCCCCC)OCCCCCCC)OC(=O)OCCCN(CC)CC. The predicted molar refractivity (Wildman–Crippen MR) is 226 cm³/mol. The van der Waals surface area contributed by atoms with Crippen LogP contribution in [0.1, 0.15) is 202 Å². The zero-order chi connectivity index (χ0) is 39.6. The van der Waals surface area contributed by atoms with E-state index in [1.807, 2.05) is 0 Å². The van der Waals surface area contributed by atoms with Crippen molar-refractivity contribution < 1.29 is 33.3 Å². The fraction of sp³-hybridized carbons (Fsp3) is 0.870. The lowest BCUT2D eigenvalue weighted by molar-refractivity contribution is -0.196. The molecule has 0 rings (SSSR count). The molecule has 0 aliphatic carbocycles. The first-order chi connectivity index (χ1) is 26.5. The lowest BCUT2D eigenvalue weighted by Crippen LogP contribution is -2.31. The number of allylic oxidation sites excluding steroid dienone is 4. The summed E-state index contributed by atoms with van der Waals surface area (Å²) in [4.78, 5) is 27.9. The van der Waals surface area contributed by atoms with Gasteiger partial charge >= 0.3 is 12.1 Å². The van der Waals surface area contributed by atoms with Crippen molar-refractivity contribution in [2.45, 2.75) is 214 Å². The van der Waals surface area contributed by atoms with E-state index in [-0.39, 0.29) is 12.7 Å². The molecule has 1 atom stereocenters. The zero-order valence-corrected chi connectivity index (χ0v) is 36.1. The first kappa shape index (κ1) is 52.1. The number of nitrogens with zero attached hydrogens (tertiary/aromatic N) is 1. The van der Waals surface area contributed by atoms with Crippen LogP contribution >= 0.6 is 0 Å². The van der Waals surface area contributed by atoms with Crippen LogP contribution < -0.4 is 0 Å². The smallest absolute Gasteiger partial charge is 0.462 e.